The van der Waals surface area contributed by atoms with Crippen molar-refractivity contribution in [2.75, 3.05) is 24.9 Å². The van der Waals surface area contributed by atoms with Gasteiger partial charge in [-0.15, -0.1) is 0 Å². The Morgan fingerprint density at radius 2 is 1.48 bits per heavy atom. The summed E-state index contributed by atoms with van der Waals surface area (Å²) >= 11 is 6.16. The van der Waals surface area contributed by atoms with E-state index < -0.39 is 0 Å². The molecule has 0 aliphatic rings. The largest absolute Gasteiger partial charge is 0.493 e. The lowest BCUT2D eigenvalue weighted by Crippen LogP contribution is -2.14. The van der Waals surface area contributed by atoms with Crippen LogP contribution in [0.5, 0.6) is 11.5 Å². The molecule has 8 heteroatoms. The Labute approximate surface area is 172 Å². The molecule has 2 amide bonds. The quantitative estimate of drug-likeness (QED) is 0.632. The van der Waals surface area contributed by atoms with Gasteiger partial charge in [-0.1, -0.05) is 17.7 Å². The zero-order valence-electron chi connectivity index (χ0n) is 15.7. The number of aromatic nitrogens is 1. The summed E-state index contributed by atoms with van der Waals surface area (Å²) < 4.78 is 10.4. The topological polar surface area (TPSA) is 89.6 Å². The molecule has 3 rings (SSSR count). The third kappa shape index (κ3) is 4.83. The summed E-state index contributed by atoms with van der Waals surface area (Å²) in [6.45, 7) is 0. The van der Waals surface area contributed by atoms with E-state index in [-0.39, 0.29) is 16.8 Å². The SMILES string of the molecule is COc1cc(C(=O)Nc2cccc(NC(=O)c3ccncc3)c2)cc(Cl)c1OC. The summed E-state index contributed by atoms with van der Waals surface area (Å²) in [6.07, 6.45) is 3.08. The number of nitrogens with one attached hydrogen (secondary N) is 2. The van der Waals surface area contributed by atoms with E-state index in [1.807, 2.05) is 0 Å². The smallest absolute Gasteiger partial charge is 0.255 e. The van der Waals surface area contributed by atoms with E-state index in [1.54, 1.807) is 48.8 Å². The molecule has 148 valence electrons. The summed E-state index contributed by atoms with van der Waals surface area (Å²) in [6, 6.07) is 13.1. The molecular formula is C21H18ClN3O4. The van der Waals surface area contributed by atoms with Gasteiger partial charge >= 0.3 is 0 Å². The van der Waals surface area contributed by atoms with Crippen LogP contribution in [0.15, 0.2) is 60.9 Å². The highest BCUT2D eigenvalue weighted by molar-refractivity contribution is 6.32. The maximum atomic E-state index is 12.6. The van der Waals surface area contributed by atoms with Crippen LogP contribution in [-0.4, -0.2) is 31.0 Å². The molecule has 1 heterocycles. The molecule has 0 radical (unpaired) electrons. The van der Waals surface area contributed by atoms with Crippen molar-refractivity contribution >= 4 is 34.8 Å². The lowest BCUT2D eigenvalue weighted by molar-refractivity contribution is 0.101. The van der Waals surface area contributed by atoms with E-state index in [2.05, 4.69) is 15.6 Å². The Bertz CT molecular complexity index is 1040. The first-order valence-corrected chi connectivity index (χ1v) is 8.94. The number of pyridine rings is 1. The fraction of sp³-hybridized carbons (Fsp3) is 0.0952. The Hall–Kier alpha value is -3.58. The number of halogens is 1. The predicted molar refractivity (Wildman–Crippen MR) is 111 cm³/mol. The number of carbonyl (C=O) groups excluding carboxylic acids is 2. The fourth-order valence-corrected chi connectivity index (χ4v) is 2.92. The monoisotopic (exact) mass is 411 g/mol. The van der Waals surface area contributed by atoms with Crippen LogP contribution in [0.4, 0.5) is 11.4 Å². The van der Waals surface area contributed by atoms with Crippen molar-refractivity contribution in [3.05, 3.63) is 77.1 Å². The first-order valence-electron chi connectivity index (χ1n) is 8.56. The second kappa shape index (κ2) is 9.07. The number of hydrogen-bond acceptors (Lipinski definition) is 5. The highest BCUT2D eigenvalue weighted by Gasteiger charge is 2.15. The van der Waals surface area contributed by atoms with Gasteiger partial charge in [-0.05, 0) is 42.5 Å². The average Bonchev–Trinajstić information content (AvgIpc) is 2.73. The van der Waals surface area contributed by atoms with Crippen LogP contribution >= 0.6 is 11.6 Å². The number of ether oxygens (including phenoxy) is 2. The Morgan fingerprint density at radius 3 is 2.07 bits per heavy atom. The van der Waals surface area contributed by atoms with Gasteiger partial charge < -0.3 is 20.1 Å². The van der Waals surface area contributed by atoms with Crippen molar-refractivity contribution in [3.63, 3.8) is 0 Å². The number of rotatable bonds is 6. The van der Waals surface area contributed by atoms with Crippen LogP contribution in [0.3, 0.4) is 0 Å². The van der Waals surface area contributed by atoms with Crippen molar-refractivity contribution in [1.29, 1.82) is 0 Å². The molecule has 0 spiro atoms. The Kier molecular flexibility index (Phi) is 6.31. The zero-order valence-corrected chi connectivity index (χ0v) is 16.5. The van der Waals surface area contributed by atoms with Crippen LogP contribution in [-0.2, 0) is 0 Å². The zero-order chi connectivity index (χ0) is 20.8. The van der Waals surface area contributed by atoms with Gasteiger partial charge in [-0.3, -0.25) is 14.6 Å². The molecule has 0 unspecified atom stereocenters. The molecule has 0 saturated carbocycles. The van der Waals surface area contributed by atoms with E-state index in [4.69, 9.17) is 21.1 Å². The number of benzene rings is 2. The van der Waals surface area contributed by atoms with Crippen molar-refractivity contribution in [1.82, 2.24) is 4.98 Å². The highest BCUT2D eigenvalue weighted by Crippen LogP contribution is 2.36. The van der Waals surface area contributed by atoms with Gasteiger partial charge in [0.25, 0.3) is 11.8 Å². The summed E-state index contributed by atoms with van der Waals surface area (Å²) in [5.41, 5.74) is 1.83. The van der Waals surface area contributed by atoms with Crippen LogP contribution in [0.2, 0.25) is 5.02 Å². The van der Waals surface area contributed by atoms with Gasteiger partial charge in [0, 0.05) is 34.9 Å². The standard InChI is InChI=1S/C21H18ClN3O4/c1-28-18-11-14(10-17(22)19(18)29-2)21(27)25-16-5-3-4-15(12-16)24-20(26)13-6-8-23-9-7-13/h3-12H,1-2H3,(H,24,26)(H,25,27). The van der Waals surface area contributed by atoms with Gasteiger partial charge in [0.2, 0.25) is 0 Å². The second-order valence-electron chi connectivity index (χ2n) is 5.92. The van der Waals surface area contributed by atoms with Crippen molar-refractivity contribution in [3.8, 4) is 11.5 Å². The minimum Gasteiger partial charge on any atom is -0.493 e. The first-order chi connectivity index (χ1) is 14.0. The summed E-state index contributed by atoms with van der Waals surface area (Å²) in [5, 5.41) is 5.81. The van der Waals surface area contributed by atoms with Gasteiger partial charge in [0.05, 0.1) is 19.2 Å². The van der Waals surface area contributed by atoms with E-state index in [9.17, 15) is 9.59 Å². The average molecular weight is 412 g/mol. The van der Waals surface area contributed by atoms with Crippen LogP contribution in [0, 0.1) is 0 Å². The maximum Gasteiger partial charge on any atom is 0.255 e. The van der Waals surface area contributed by atoms with Crippen LogP contribution in [0.25, 0.3) is 0 Å². The van der Waals surface area contributed by atoms with Gasteiger partial charge in [0.1, 0.15) is 0 Å². The van der Waals surface area contributed by atoms with E-state index in [0.29, 0.717) is 34.0 Å². The summed E-state index contributed by atoms with van der Waals surface area (Å²) in [4.78, 5) is 28.8. The van der Waals surface area contributed by atoms with Crippen molar-refractivity contribution < 1.29 is 19.1 Å². The number of anilines is 2. The molecule has 2 aromatic carbocycles. The van der Waals surface area contributed by atoms with Gasteiger partial charge in [-0.2, -0.15) is 0 Å². The molecule has 0 bridgehead atoms. The molecule has 2 N–H and O–H groups in total. The number of nitrogens with zero attached hydrogens (tertiary/aromatic N) is 1. The molecule has 0 saturated heterocycles. The van der Waals surface area contributed by atoms with Gasteiger partial charge in [0.15, 0.2) is 11.5 Å². The summed E-state index contributed by atoms with van der Waals surface area (Å²) in [7, 11) is 2.93. The normalized spacial score (nSPS) is 10.2. The lowest BCUT2D eigenvalue weighted by Gasteiger charge is -2.12. The molecule has 0 aliphatic carbocycles. The highest BCUT2D eigenvalue weighted by atomic mass is 35.5. The molecule has 1 aromatic heterocycles. The Morgan fingerprint density at radius 1 is 0.862 bits per heavy atom. The van der Waals surface area contributed by atoms with Crippen molar-refractivity contribution in [2.45, 2.75) is 0 Å². The third-order valence-electron chi connectivity index (χ3n) is 4.02. The third-order valence-corrected chi connectivity index (χ3v) is 4.30. The molecule has 0 atom stereocenters. The number of carbonyl (C=O) groups is 2. The minimum absolute atomic E-state index is 0.260. The maximum absolute atomic E-state index is 12.6. The fourth-order valence-electron chi connectivity index (χ4n) is 2.63. The number of amides is 2. The first kappa shape index (κ1) is 20.2. The molecular weight excluding hydrogens is 394 g/mol. The van der Waals surface area contributed by atoms with E-state index in [0.717, 1.165) is 0 Å². The molecule has 3 aromatic rings. The molecule has 29 heavy (non-hydrogen) atoms. The van der Waals surface area contributed by atoms with Crippen molar-refractivity contribution in [2.24, 2.45) is 0 Å². The Balaban J connectivity index is 1.76. The van der Waals surface area contributed by atoms with E-state index in [1.165, 1.54) is 26.4 Å². The molecule has 7 nitrogen and oxygen atoms in total. The number of methoxy groups -OCH3 is 2. The van der Waals surface area contributed by atoms with Crippen LogP contribution < -0.4 is 20.1 Å². The molecule has 0 aliphatic heterocycles. The van der Waals surface area contributed by atoms with Gasteiger partial charge in [-0.25, -0.2) is 0 Å². The second-order valence-corrected chi connectivity index (χ2v) is 6.33. The van der Waals surface area contributed by atoms with Crippen LogP contribution in [0.1, 0.15) is 20.7 Å². The minimum atomic E-state index is -0.384. The molecule has 0 fully saturated rings. The lowest BCUT2D eigenvalue weighted by atomic mass is 10.1. The number of hydrogen-bond donors (Lipinski definition) is 2. The van der Waals surface area contributed by atoms with E-state index >= 15 is 0 Å². The summed E-state index contributed by atoms with van der Waals surface area (Å²) in [5.74, 6) is 0.0445. The predicted octanol–water partition coefficient (Wildman–Crippen LogP) is 4.26.